The van der Waals surface area contributed by atoms with Crippen LogP contribution in [0.5, 0.6) is 5.75 Å². The molecule has 6 heteroatoms. The van der Waals surface area contributed by atoms with E-state index in [1.54, 1.807) is 0 Å². The van der Waals surface area contributed by atoms with Gasteiger partial charge in [-0.1, -0.05) is 6.07 Å². The van der Waals surface area contributed by atoms with E-state index in [1.807, 2.05) is 0 Å². The van der Waals surface area contributed by atoms with Crippen molar-refractivity contribution in [3.8, 4) is 5.75 Å². The molecular formula is C12H11NO4S. The van der Waals surface area contributed by atoms with Crippen LogP contribution in [-0.4, -0.2) is 19.3 Å². The van der Waals surface area contributed by atoms with Crippen LogP contribution in [0.3, 0.4) is 0 Å². The minimum absolute atomic E-state index is 0.0322. The zero-order valence-electron chi connectivity index (χ0n) is 9.54. The lowest BCUT2D eigenvalue weighted by Crippen LogP contribution is -2.11. The number of hydrogen-bond donors (Lipinski definition) is 2. The summed E-state index contributed by atoms with van der Waals surface area (Å²) in [5.74, 6) is -0.422. The van der Waals surface area contributed by atoms with E-state index in [0.29, 0.717) is 10.8 Å². The Morgan fingerprint density at radius 1 is 1.17 bits per heavy atom. The molecular weight excluding hydrogens is 254 g/mol. The molecule has 5 nitrogen and oxygen atoms in total. The van der Waals surface area contributed by atoms with Gasteiger partial charge in [-0.3, -0.25) is 4.79 Å². The maximum Gasteiger partial charge on any atom is 0.238 e. The van der Waals surface area contributed by atoms with Gasteiger partial charge in [0.1, 0.15) is 5.75 Å². The second-order valence-corrected chi connectivity index (χ2v) is 5.54. The smallest absolute Gasteiger partial charge is 0.238 e. The van der Waals surface area contributed by atoms with Gasteiger partial charge in [0.2, 0.25) is 10.0 Å². The third-order valence-corrected chi connectivity index (χ3v) is 3.55. The van der Waals surface area contributed by atoms with Gasteiger partial charge in [-0.15, -0.1) is 0 Å². The van der Waals surface area contributed by atoms with Gasteiger partial charge in [0, 0.05) is 0 Å². The van der Waals surface area contributed by atoms with E-state index < -0.39 is 10.0 Å². The molecule has 0 aliphatic carbocycles. The number of nitrogens with two attached hydrogens (primary N) is 1. The van der Waals surface area contributed by atoms with Gasteiger partial charge < -0.3 is 5.11 Å². The molecule has 2 aromatic carbocycles. The van der Waals surface area contributed by atoms with E-state index in [0.717, 1.165) is 0 Å². The van der Waals surface area contributed by atoms with E-state index in [-0.39, 0.29) is 22.0 Å². The summed E-state index contributed by atoms with van der Waals surface area (Å²) < 4.78 is 22.4. The van der Waals surface area contributed by atoms with Crippen molar-refractivity contribution in [2.24, 2.45) is 5.14 Å². The first-order valence-electron chi connectivity index (χ1n) is 5.09. The second-order valence-electron chi connectivity index (χ2n) is 3.98. The van der Waals surface area contributed by atoms with Crippen LogP contribution in [0.2, 0.25) is 0 Å². The Bertz CT molecular complexity index is 750. The van der Waals surface area contributed by atoms with E-state index in [2.05, 4.69) is 0 Å². The van der Waals surface area contributed by atoms with Crippen molar-refractivity contribution in [3.63, 3.8) is 0 Å². The fourth-order valence-corrected chi connectivity index (χ4v) is 2.27. The summed E-state index contributed by atoms with van der Waals surface area (Å²) in [5, 5.41) is 15.8. The number of primary sulfonamides is 1. The Labute approximate surface area is 104 Å². The molecule has 2 aromatic rings. The molecule has 3 N–H and O–H groups in total. The summed E-state index contributed by atoms with van der Waals surface area (Å²) >= 11 is 0. The predicted molar refractivity (Wildman–Crippen MR) is 67.0 cm³/mol. The zero-order chi connectivity index (χ0) is 13.5. The second kappa shape index (κ2) is 4.08. The first-order valence-corrected chi connectivity index (χ1v) is 6.64. The number of sulfonamides is 1. The molecule has 0 amide bonds. The Hall–Kier alpha value is -1.92. The molecule has 0 radical (unpaired) electrons. The number of phenolic OH excluding ortho intramolecular Hbond substituents is 1. The quantitative estimate of drug-likeness (QED) is 0.802. The van der Waals surface area contributed by atoms with Gasteiger partial charge >= 0.3 is 0 Å². The number of rotatable bonds is 2. The van der Waals surface area contributed by atoms with Crippen LogP contribution < -0.4 is 5.14 Å². The minimum Gasteiger partial charge on any atom is -0.507 e. The summed E-state index contributed by atoms with van der Waals surface area (Å²) in [7, 11) is -3.78. The molecule has 94 valence electrons. The highest BCUT2D eigenvalue weighted by atomic mass is 32.2. The molecule has 0 aliphatic heterocycles. The Morgan fingerprint density at radius 3 is 2.39 bits per heavy atom. The minimum atomic E-state index is -3.78. The van der Waals surface area contributed by atoms with Gasteiger partial charge in [-0.25, -0.2) is 13.6 Å². The van der Waals surface area contributed by atoms with Crippen molar-refractivity contribution in [2.45, 2.75) is 11.8 Å². The summed E-state index contributed by atoms with van der Waals surface area (Å²) in [4.78, 5) is 11.3. The lowest BCUT2D eigenvalue weighted by molar-refractivity contribution is 0.101. The number of benzene rings is 2. The van der Waals surface area contributed by atoms with Crippen molar-refractivity contribution in [3.05, 3.63) is 35.9 Å². The first kappa shape index (κ1) is 12.5. The van der Waals surface area contributed by atoms with Gasteiger partial charge in [0.15, 0.2) is 5.78 Å². The van der Waals surface area contributed by atoms with Crippen molar-refractivity contribution < 1.29 is 18.3 Å². The van der Waals surface area contributed by atoms with Crippen molar-refractivity contribution in [1.82, 2.24) is 0 Å². The van der Waals surface area contributed by atoms with Crippen LogP contribution in [-0.2, 0) is 10.0 Å². The number of Topliss-reactive ketones (excluding diaryl/α,β-unsaturated/α-hetero) is 1. The van der Waals surface area contributed by atoms with E-state index in [4.69, 9.17) is 5.14 Å². The maximum atomic E-state index is 11.3. The molecule has 0 aromatic heterocycles. The van der Waals surface area contributed by atoms with Gasteiger partial charge in [0.25, 0.3) is 0 Å². The van der Waals surface area contributed by atoms with Crippen LogP contribution in [0, 0.1) is 0 Å². The number of aromatic hydroxyl groups is 1. The van der Waals surface area contributed by atoms with Crippen LogP contribution >= 0.6 is 0 Å². The van der Waals surface area contributed by atoms with Gasteiger partial charge in [0.05, 0.1) is 10.5 Å². The maximum absolute atomic E-state index is 11.3. The topological polar surface area (TPSA) is 97.5 Å². The fraction of sp³-hybridized carbons (Fsp3) is 0.0833. The molecule has 0 aliphatic rings. The largest absolute Gasteiger partial charge is 0.507 e. The average Bonchev–Trinajstić information content (AvgIpc) is 2.25. The lowest BCUT2D eigenvalue weighted by atomic mass is 10.0. The zero-order valence-corrected chi connectivity index (χ0v) is 10.4. The summed E-state index contributed by atoms with van der Waals surface area (Å²) in [6.07, 6.45) is 0. The van der Waals surface area contributed by atoms with E-state index >= 15 is 0 Å². The Kier molecular flexibility index (Phi) is 2.84. The third-order valence-electron chi connectivity index (χ3n) is 2.63. The molecule has 0 saturated heterocycles. The number of ketones is 1. The lowest BCUT2D eigenvalue weighted by Gasteiger charge is -2.05. The monoisotopic (exact) mass is 265 g/mol. The van der Waals surface area contributed by atoms with Crippen molar-refractivity contribution >= 4 is 26.6 Å². The molecule has 0 bridgehead atoms. The fourth-order valence-electron chi connectivity index (χ4n) is 1.72. The SMILES string of the molecule is CC(=O)c1cc2cc(S(N)(=O)=O)ccc2cc1O. The molecule has 0 spiro atoms. The van der Waals surface area contributed by atoms with Crippen LogP contribution in [0.25, 0.3) is 10.8 Å². The highest BCUT2D eigenvalue weighted by molar-refractivity contribution is 7.89. The Balaban J connectivity index is 2.77. The standard InChI is InChI=1S/C12H11NO4S/c1-7(14)11-5-9-4-10(18(13,16)17)3-2-8(9)6-12(11)15/h2-6,15H,1H3,(H2,13,16,17). The normalized spacial score (nSPS) is 11.7. The van der Waals surface area contributed by atoms with Gasteiger partial charge in [-0.05, 0) is 42.0 Å². The number of carbonyl (C=O) groups is 1. The summed E-state index contributed by atoms with van der Waals surface area (Å²) in [6.45, 7) is 1.32. The van der Waals surface area contributed by atoms with Crippen molar-refractivity contribution in [2.75, 3.05) is 0 Å². The van der Waals surface area contributed by atoms with Crippen LogP contribution in [0.4, 0.5) is 0 Å². The van der Waals surface area contributed by atoms with Crippen molar-refractivity contribution in [1.29, 1.82) is 0 Å². The highest BCUT2D eigenvalue weighted by Gasteiger charge is 2.12. The average molecular weight is 265 g/mol. The summed E-state index contributed by atoms with van der Waals surface area (Å²) in [5.41, 5.74) is 0.147. The third kappa shape index (κ3) is 2.20. The van der Waals surface area contributed by atoms with E-state index in [1.165, 1.54) is 37.3 Å². The molecule has 0 atom stereocenters. The van der Waals surface area contributed by atoms with Crippen LogP contribution in [0.15, 0.2) is 35.2 Å². The number of carbonyl (C=O) groups excluding carboxylic acids is 1. The highest BCUT2D eigenvalue weighted by Crippen LogP contribution is 2.27. The predicted octanol–water partition coefficient (Wildman–Crippen LogP) is 1.40. The first-order chi connectivity index (χ1) is 8.29. The molecule has 0 unspecified atom stereocenters. The Morgan fingerprint density at radius 2 is 1.83 bits per heavy atom. The number of phenols is 1. The van der Waals surface area contributed by atoms with E-state index in [9.17, 15) is 18.3 Å². The van der Waals surface area contributed by atoms with Crippen LogP contribution in [0.1, 0.15) is 17.3 Å². The molecule has 2 rings (SSSR count). The molecule has 0 fully saturated rings. The number of hydrogen-bond acceptors (Lipinski definition) is 4. The molecule has 0 heterocycles. The number of fused-ring (bicyclic) bond motifs is 1. The molecule has 18 heavy (non-hydrogen) atoms. The molecule has 0 saturated carbocycles. The van der Waals surface area contributed by atoms with Gasteiger partial charge in [-0.2, -0.15) is 0 Å². The summed E-state index contributed by atoms with van der Waals surface area (Å²) in [6, 6.07) is 7.11.